The average Bonchev–Trinajstić information content (AvgIpc) is 3.90. The third-order valence-corrected chi connectivity index (χ3v) is 12.8. The Bertz CT molecular complexity index is 3560. The molecule has 290 valence electrons. The third-order valence-electron chi connectivity index (χ3n) is 11.7. The average molecular weight is 810 g/mol. The van der Waals surface area contributed by atoms with Crippen molar-refractivity contribution < 1.29 is 0 Å². The molecule has 0 spiro atoms. The molecule has 0 aliphatic carbocycles. The smallest absolute Gasteiger partial charge is 0.166 e. The highest BCUT2D eigenvalue weighted by atomic mass is 32.1. The molecule has 6 heteroatoms. The molecule has 0 saturated heterocycles. The van der Waals surface area contributed by atoms with Gasteiger partial charge in [-0.05, 0) is 59.2 Å². The van der Waals surface area contributed by atoms with Gasteiger partial charge in [0.25, 0.3) is 0 Å². The minimum Gasteiger partial charge on any atom is -0.309 e. The van der Waals surface area contributed by atoms with Crippen molar-refractivity contribution in [2.45, 2.75) is 0 Å². The summed E-state index contributed by atoms with van der Waals surface area (Å²) in [5.74, 6) is 1.77. The lowest BCUT2D eigenvalue weighted by molar-refractivity contribution is 1.07. The molecule has 0 radical (unpaired) electrons. The molecule has 0 N–H and O–H groups in total. The highest BCUT2D eigenvalue weighted by molar-refractivity contribution is 7.26. The second kappa shape index (κ2) is 14.9. The van der Waals surface area contributed by atoms with Crippen LogP contribution in [-0.4, -0.2) is 24.5 Å². The minimum atomic E-state index is 0.561. The van der Waals surface area contributed by atoms with E-state index < -0.39 is 0 Å². The van der Waals surface area contributed by atoms with Crippen LogP contribution in [0.3, 0.4) is 0 Å². The van der Waals surface area contributed by atoms with Crippen molar-refractivity contribution >= 4 is 53.3 Å². The molecule has 0 bridgehead atoms. The third kappa shape index (κ3) is 6.08. The molecule has 5 nitrogen and oxygen atoms in total. The van der Waals surface area contributed by atoms with Crippen LogP contribution in [0.25, 0.3) is 115 Å². The van der Waals surface area contributed by atoms with E-state index in [4.69, 9.17) is 19.9 Å². The monoisotopic (exact) mass is 809 g/mol. The summed E-state index contributed by atoms with van der Waals surface area (Å²) in [6.45, 7) is 0. The first-order valence-corrected chi connectivity index (χ1v) is 21.5. The molecular weight excluding hydrogens is 775 g/mol. The predicted molar refractivity (Wildman–Crippen MR) is 257 cm³/mol. The largest absolute Gasteiger partial charge is 0.309 e. The molecule has 12 rings (SSSR count). The van der Waals surface area contributed by atoms with Crippen molar-refractivity contribution in [3.05, 3.63) is 212 Å². The zero-order valence-electron chi connectivity index (χ0n) is 33.4. The number of pyridine rings is 1. The molecule has 8 aromatic carbocycles. The lowest BCUT2D eigenvalue weighted by Gasteiger charge is -2.15. The Labute approximate surface area is 361 Å². The number of aromatic nitrogens is 5. The number of thiophene rings is 1. The molecule has 0 aliphatic heterocycles. The summed E-state index contributed by atoms with van der Waals surface area (Å²) in [6.07, 6.45) is 2.00. The van der Waals surface area contributed by atoms with Crippen molar-refractivity contribution in [2.75, 3.05) is 0 Å². The van der Waals surface area contributed by atoms with Crippen LogP contribution in [0.4, 0.5) is 0 Å². The Morgan fingerprint density at radius 3 is 1.63 bits per heavy atom. The van der Waals surface area contributed by atoms with E-state index in [1.165, 1.54) is 42.0 Å². The van der Waals surface area contributed by atoms with Crippen molar-refractivity contribution in [2.24, 2.45) is 0 Å². The fourth-order valence-corrected chi connectivity index (χ4v) is 10.0. The first kappa shape index (κ1) is 35.8. The normalized spacial score (nSPS) is 11.5. The fraction of sp³-hybridized carbons (Fsp3) is 0. The Morgan fingerprint density at radius 2 is 0.935 bits per heavy atom. The summed E-state index contributed by atoms with van der Waals surface area (Å²) in [6, 6.07) is 72.3. The summed E-state index contributed by atoms with van der Waals surface area (Å²) in [5, 5.41) is 5.02. The van der Waals surface area contributed by atoms with Crippen LogP contribution in [0.1, 0.15) is 0 Å². The molecule has 0 atom stereocenters. The van der Waals surface area contributed by atoms with E-state index in [0.29, 0.717) is 17.5 Å². The highest BCUT2D eigenvalue weighted by Crippen LogP contribution is 2.45. The van der Waals surface area contributed by atoms with E-state index in [9.17, 15) is 0 Å². The van der Waals surface area contributed by atoms with E-state index >= 15 is 0 Å². The Balaban J connectivity index is 1.09. The zero-order chi connectivity index (χ0) is 41.0. The first-order valence-electron chi connectivity index (χ1n) is 20.7. The first-order chi connectivity index (χ1) is 30.7. The van der Waals surface area contributed by atoms with Gasteiger partial charge in [0.2, 0.25) is 0 Å². The van der Waals surface area contributed by atoms with Gasteiger partial charge in [-0.2, -0.15) is 0 Å². The van der Waals surface area contributed by atoms with Crippen LogP contribution < -0.4 is 0 Å². The summed E-state index contributed by atoms with van der Waals surface area (Å²) in [4.78, 5) is 20.8. The van der Waals surface area contributed by atoms with Crippen molar-refractivity contribution in [1.29, 1.82) is 0 Å². The van der Waals surface area contributed by atoms with Gasteiger partial charge in [0, 0.05) is 70.6 Å². The summed E-state index contributed by atoms with van der Waals surface area (Å²) in [5.41, 5.74) is 12.3. The molecule has 12 aromatic rings. The Kier molecular flexibility index (Phi) is 8.61. The number of hydrogen-bond donors (Lipinski definition) is 0. The maximum atomic E-state index is 5.33. The number of benzene rings is 8. The molecule has 0 fully saturated rings. The van der Waals surface area contributed by atoms with Crippen LogP contribution in [0, 0.1) is 0 Å². The van der Waals surface area contributed by atoms with Gasteiger partial charge in [-0.3, -0.25) is 4.98 Å². The van der Waals surface area contributed by atoms with Crippen LogP contribution in [0.15, 0.2) is 212 Å². The lowest BCUT2D eigenvalue weighted by Crippen LogP contribution is -2.02. The topological polar surface area (TPSA) is 56.5 Å². The second-order valence-electron chi connectivity index (χ2n) is 15.4. The predicted octanol–water partition coefficient (Wildman–Crippen LogP) is 14.7. The highest BCUT2D eigenvalue weighted by Gasteiger charge is 2.22. The van der Waals surface area contributed by atoms with Gasteiger partial charge in [0.1, 0.15) is 0 Å². The molecule has 0 saturated carbocycles. The number of nitrogens with zero attached hydrogens (tertiary/aromatic N) is 5. The molecule has 62 heavy (non-hydrogen) atoms. The maximum absolute atomic E-state index is 5.33. The summed E-state index contributed by atoms with van der Waals surface area (Å²) >= 11 is 1.82. The number of para-hydroxylation sites is 2. The molecular formula is C56H35N5S. The van der Waals surface area contributed by atoms with Crippen LogP contribution in [0.2, 0.25) is 0 Å². The fourth-order valence-electron chi connectivity index (χ4n) is 8.87. The van der Waals surface area contributed by atoms with Crippen LogP contribution >= 0.6 is 11.3 Å². The number of fused-ring (bicyclic) bond motifs is 7. The molecule has 4 heterocycles. The SMILES string of the molecule is c1ccc(-c2nc(-c3ccccc3)nc(-c3cc(-c4ccccc4-c4ccccc4)cnc3-c3ccc4c(c3)sc3ccc5c(c6ccccc6n5-c5ccccc5)c34)n2)cc1. The standard InChI is InChI=1S/C56H35N5S/c1-5-17-36(18-6-1)42-25-13-14-26-43(42)40-33-46(56-59-54(37-19-7-2-8-20-37)58-55(60-56)38-21-9-3-10-22-38)53(57-35-40)39-29-30-45-50(34-39)62-49-32-31-48-51(52(45)49)44-27-15-16-28-47(44)61(48)41-23-11-4-12-24-41/h1-35H. The van der Waals surface area contributed by atoms with Crippen LogP contribution in [0.5, 0.6) is 0 Å². The van der Waals surface area contributed by atoms with Gasteiger partial charge >= 0.3 is 0 Å². The molecule has 0 unspecified atom stereocenters. The quantitative estimate of drug-likeness (QED) is 0.161. The van der Waals surface area contributed by atoms with Crippen LogP contribution in [-0.2, 0) is 0 Å². The zero-order valence-corrected chi connectivity index (χ0v) is 34.2. The van der Waals surface area contributed by atoms with E-state index in [0.717, 1.165) is 55.9 Å². The Morgan fingerprint density at radius 1 is 0.355 bits per heavy atom. The van der Waals surface area contributed by atoms with Gasteiger partial charge in [0.15, 0.2) is 17.5 Å². The van der Waals surface area contributed by atoms with Gasteiger partial charge in [0.05, 0.1) is 16.7 Å². The lowest BCUT2D eigenvalue weighted by atomic mass is 9.93. The molecule has 0 amide bonds. The van der Waals surface area contributed by atoms with Gasteiger partial charge in [-0.15, -0.1) is 11.3 Å². The summed E-state index contributed by atoms with van der Waals surface area (Å²) in [7, 11) is 0. The molecule has 0 aliphatic rings. The van der Waals surface area contributed by atoms with E-state index in [2.05, 4.69) is 150 Å². The van der Waals surface area contributed by atoms with Crippen molar-refractivity contribution in [1.82, 2.24) is 24.5 Å². The maximum Gasteiger partial charge on any atom is 0.166 e. The summed E-state index contributed by atoms with van der Waals surface area (Å²) < 4.78 is 4.83. The van der Waals surface area contributed by atoms with E-state index in [-0.39, 0.29) is 0 Å². The van der Waals surface area contributed by atoms with E-state index in [1.807, 2.05) is 78.2 Å². The molecule has 4 aromatic heterocycles. The van der Waals surface area contributed by atoms with Gasteiger partial charge < -0.3 is 4.57 Å². The van der Waals surface area contributed by atoms with Crippen molar-refractivity contribution in [3.63, 3.8) is 0 Å². The number of rotatable bonds is 7. The van der Waals surface area contributed by atoms with Crippen molar-refractivity contribution in [3.8, 4) is 73.4 Å². The van der Waals surface area contributed by atoms with Gasteiger partial charge in [-0.25, -0.2) is 15.0 Å². The second-order valence-corrected chi connectivity index (χ2v) is 16.5. The number of hydrogen-bond acceptors (Lipinski definition) is 5. The Hall–Kier alpha value is -8.06. The minimum absolute atomic E-state index is 0.561. The van der Waals surface area contributed by atoms with Gasteiger partial charge in [-0.1, -0.05) is 164 Å². The van der Waals surface area contributed by atoms with E-state index in [1.54, 1.807) is 0 Å².